The zero-order chi connectivity index (χ0) is 13.3. The standard InChI is InChI=1S/C11H14F4N2/c1-8(2)7-16-5-6-17(7)11(14,15)10(12,13)9(8,3)4/h5-6H,1-4H3. The van der Waals surface area contributed by atoms with Crippen LogP contribution in [-0.2, 0) is 11.5 Å². The van der Waals surface area contributed by atoms with Crippen LogP contribution in [0.1, 0.15) is 33.5 Å². The van der Waals surface area contributed by atoms with Gasteiger partial charge in [0.05, 0.1) is 0 Å². The molecule has 0 bridgehead atoms. The Morgan fingerprint density at radius 2 is 1.59 bits per heavy atom. The lowest BCUT2D eigenvalue weighted by Gasteiger charge is -2.52. The summed E-state index contributed by atoms with van der Waals surface area (Å²) in [6.45, 7) is 5.32. The average Bonchev–Trinajstić information content (AvgIpc) is 2.64. The zero-order valence-corrected chi connectivity index (χ0v) is 10.1. The minimum absolute atomic E-state index is 0.0153. The molecule has 0 radical (unpaired) electrons. The van der Waals surface area contributed by atoms with Crippen molar-refractivity contribution < 1.29 is 17.6 Å². The van der Waals surface area contributed by atoms with E-state index in [-0.39, 0.29) is 10.4 Å². The number of hydrogen-bond donors (Lipinski definition) is 0. The molecule has 0 aromatic carbocycles. The summed E-state index contributed by atoms with van der Waals surface area (Å²) in [4.78, 5) is 3.82. The van der Waals surface area contributed by atoms with Gasteiger partial charge in [-0.05, 0) is 0 Å². The summed E-state index contributed by atoms with van der Waals surface area (Å²) in [7, 11) is 0. The second kappa shape index (κ2) is 2.84. The molecule has 0 spiro atoms. The first kappa shape index (κ1) is 12.4. The van der Waals surface area contributed by atoms with Gasteiger partial charge in [0.2, 0.25) is 0 Å². The summed E-state index contributed by atoms with van der Waals surface area (Å²) < 4.78 is 56.0. The predicted octanol–water partition coefficient (Wildman–Crippen LogP) is 3.39. The number of fused-ring (bicyclic) bond motifs is 1. The molecule has 1 aromatic rings. The summed E-state index contributed by atoms with van der Waals surface area (Å²) in [5.41, 5.74) is -3.05. The van der Waals surface area contributed by atoms with E-state index in [0.29, 0.717) is 0 Å². The van der Waals surface area contributed by atoms with Crippen molar-refractivity contribution in [2.45, 2.75) is 45.1 Å². The normalized spacial score (nSPS) is 27.5. The van der Waals surface area contributed by atoms with Gasteiger partial charge in [0.15, 0.2) is 0 Å². The molecule has 1 aliphatic rings. The molecule has 0 amide bonds. The molecule has 17 heavy (non-hydrogen) atoms. The van der Waals surface area contributed by atoms with Crippen molar-refractivity contribution in [2.75, 3.05) is 0 Å². The smallest absolute Gasteiger partial charge is 0.269 e. The quantitative estimate of drug-likeness (QED) is 0.645. The number of rotatable bonds is 0. The number of hydrogen-bond acceptors (Lipinski definition) is 1. The molecule has 0 saturated carbocycles. The largest absolute Gasteiger partial charge is 0.393 e. The van der Waals surface area contributed by atoms with Crippen LogP contribution in [-0.4, -0.2) is 15.5 Å². The van der Waals surface area contributed by atoms with Crippen molar-refractivity contribution in [1.82, 2.24) is 9.55 Å². The highest BCUT2D eigenvalue weighted by molar-refractivity contribution is 5.23. The highest BCUT2D eigenvalue weighted by Gasteiger charge is 2.74. The second-order valence-corrected chi connectivity index (χ2v) is 5.49. The van der Waals surface area contributed by atoms with E-state index in [2.05, 4.69) is 4.98 Å². The monoisotopic (exact) mass is 250 g/mol. The van der Waals surface area contributed by atoms with Crippen molar-refractivity contribution in [3.63, 3.8) is 0 Å². The molecule has 1 aromatic heterocycles. The van der Waals surface area contributed by atoms with Gasteiger partial charge < -0.3 is 0 Å². The van der Waals surface area contributed by atoms with Crippen LogP contribution in [0.4, 0.5) is 17.6 Å². The summed E-state index contributed by atoms with van der Waals surface area (Å²) in [6, 6.07) is -4.25. The fourth-order valence-corrected chi connectivity index (χ4v) is 2.19. The maximum absolute atomic E-state index is 14.0. The molecule has 1 aliphatic heterocycles. The Morgan fingerprint density at radius 1 is 1.06 bits per heavy atom. The van der Waals surface area contributed by atoms with Crippen molar-refractivity contribution in [3.05, 3.63) is 18.2 Å². The molecule has 96 valence electrons. The molecule has 0 atom stereocenters. The molecular formula is C11H14F4N2. The highest BCUT2D eigenvalue weighted by atomic mass is 19.3. The van der Waals surface area contributed by atoms with Crippen LogP contribution in [0, 0.1) is 5.41 Å². The number of nitrogens with zero attached hydrogens (tertiary/aromatic N) is 2. The van der Waals surface area contributed by atoms with E-state index in [4.69, 9.17) is 0 Å². The van der Waals surface area contributed by atoms with Crippen molar-refractivity contribution in [3.8, 4) is 0 Å². The van der Waals surface area contributed by atoms with Crippen LogP contribution < -0.4 is 0 Å². The molecule has 0 fully saturated rings. The Labute approximate surface area is 96.6 Å². The maximum atomic E-state index is 14.0. The van der Waals surface area contributed by atoms with Crippen molar-refractivity contribution in [2.24, 2.45) is 5.41 Å². The fourth-order valence-electron chi connectivity index (χ4n) is 2.19. The minimum Gasteiger partial charge on any atom is -0.269 e. The Bertz CT molecular complexity index is 419. The van der Waals surface area contributed by atoms with Gasteiger partial charge in [0.25, 0.3) is 0 Å². The average molecular weight is 250 g/mol. The van der Waals surface area contributed by atoms with Crippen LogP contribution in [0.2, 0.25) is 0 Å². The van der Waals surface area contributed by atoms with Gasteiger partial charge in [-0.25, -0.2) is 4.98 Å². The lowest BCUT2D eigenvalue weighted by Crippen LogP contribution is -2.64. The number of imidazole rings is 1. The molecule has 0 unspecified atom stereocenters. The number of aromatic nitrogens is 2. The van der Waals surface area contributed by atoms with Crippen LogP contribution in [0.15, 0.2) is 12.4 Å². The third kappa shape index (κ3) is 1.09. The number of alkyl halides is 4. The van der Waals surface area contributed by atoms with E-state index < -0.39 is 22.8 Å². The first-order valence-electron chi connectivity index (χ1n) is 5.28. The lowest BCUT2D eigenvalue weighted by molar-refractivity contribution is -0.331. The summed E-state index contributed by atoms with van der Waals surface area (Å²) in [6.07, 6.45) is 2.03. The number of halogens is 4. The van der Waals surface area contributed by atoms with E-state index in [1.165, 1.54) is 13.8 Å². The topological polar surface area (TPSA) is 17.8 Å². The van der Waals surface area contributed by atoms with E-state index in [1.807, 2.05) is 0 Å². The Kier molecular flexibility index (Phi) is 2.07. The fraction of sp³-hybridized carbons (Fsp3) is 0.727. The van der Waals surface area contributed by atoms with Crippen LogP contribution in [0.3, 0.4) is 0 Å². The third-order valence-electron chi connectivity index (χ3n) is 4.23. The lowest BCUT2D eigenvalue weighted by atomic mass is 9.61. The van der Waals surface area contributed by atoms with Crippen LogP contribution >= 0.6 is 0 Å². The maximum Gasteiger partial charge on any atom is 0.393 e. The highest BCUT2D eigenvalue weighted by Crippen LogP contribution is 2.61. The van der Waals surface area contributed by atoms with E-state index >= 15 is 0 Å². The van der Waals surface area contributed by atoms with Crippen molar-refractivity contribution >= 4 is 0 Å². The van der Waals surface area contributed by atoms with E-state index in [0.717, 1.165) is 26.2 Å². The van der Waals surface area contributed by atoms with E-state index in [1.54, 1.807) is 0 Å². The summed E-state index contributed by atoms with van der Waals surface area (Å²) >= 11 is 0. The van der Waals surface area contributed by atoms with E-state index in [9.17, 15) is 17.6 Å². The molecular weight excluding hydrogens is 236 g/mol. The third-order valence-corrected chi connectivity index (χ3v) is 4.23. The molecule has 0 N–H and O–H groups in total. The predicted molar refractivity (Wildman–Crippen MR) is 54.2 cm³/mol. The molecule has 0 aliphatic carbocycles. The summed E-state index contributed by atoms with van der Waals surface area (Å²) in [5, 5.41) is 0. The van der Waals surface area contributed by atoms with Crippen molar-refractivity contribution in [1.29, 1.82) is 0 Å². The minimum atomic E-state index is -4.25. The Balaban J connectivity index is 2.83. The van der Waals surface area contributed by atoms with Gasteiger partial charge in [0, 0.05) is 23.2 Å². The van der Waals surface area contributed by atoms with Gasteiger partial charge in [-0.2, -0.15) is 17.6 Å². The SMILES string of the molecule is CC1(C)c2nccn2C(F)(F)C(F)(F)C1(C)C. The Hall–Kier alpha value is -1.07. The first-order valence-corrected chi connectivity index (χ1v) is 5.28. The second-order valence-electron chi connectivity index (χ2n) is 5.49. The molecule has 2 heterocycles. The van der Waals surface area contributed by atoms with Gasteiger partial charge >= 0.3 is 12.0 Å². The van der Waals surface area contributed by atoms with Gasteiger partial charge in [-0.3, -0.25) is 4.57 Å². The summed E-state index contributed by atoms with van der Waals surface area (Å²) in [5.74, 6) is -4.16. The first-order chi connectivity index (χ1) is 7.48. The molecule has 2 nitrogen and oxygen atoms in total. The van der Waals surface area contributed by atoms with Crippen LogP contribution in [0.5, 0.6) is 0 Å². The molecule has 0 saturated heterocycles. The van der Waals surface area contributed by atoms with Crippen LogP contribution in [0.25, 0.3) is 0 Å². The van der Waals surface area contributed by atoms with Gasteiger partial charge in [-0.1, -0.05) is 27.7 Å². The zero-order valence-electron chi connectivity index (χ0n) is 10.1. The van der Waals surface area contributed by atoms with Gasteiger partial charge in [0.1, 0.15) is 5.82 Å². The van der Waals surface area contributed by atoms with Gasteiger partial charge in [-0.15, -0.1) is 0 Å². The molecule has 2 rings (SSSR count). The molecule has 6 heteroatoms. The Morgan fingerprint density at radius 3 is 2.12 bits per heavy atom.